The number of sulfonamides is 1. The average Bonchev–Trinajstić information content (AvgIpc) is 2.73. The first-order valence-electron chi connectivity index (χ1n) is 8.96. The van der Waals surface area contributed by atoms with Gasteiger partial charge < -0.3 is 4.90 Å². The van der Waals surface area contributed by atoms with Crippen molar-refractivity contribution < 1.29 is 8.42 Å². The van der Waals surface area contributed by atoms with Crippen LogP contribution in [0.15, 0.2) is 53.7 Å². The van der Waals surface area contributed by atoms with E-state index in [9.17, 15) is 8.42 Å². The van der Waals surface area contributed by atoms with Crippen molar-refractivity contribution in [3.63, 3.8) is 0 Å². The quantitative estimate of drug-likeness (QED) is 0.678. The Morgan fingerprint density at radius 3 is 2.50 bits per heavy atom. The van der Waals surface area contributed by atoms with Crippen LogP contribution < -0.4 is 4.90 Å². The molecule has 0 N–H and O–H groups in total. The number of para-hydroxylation sites is 1. The molecule has 3 aromatic rings. The highest BCUT2D eigenvalue weighted by Gasteiger charge is 2.30. The molecule has 1 fully saturated rings. The number of hydrogen-bond acceptors (Lipinski definition) is 6. The lowest BCUT2D eigenvalue weighted by molar-refractivity contribution is 0.384. The van der Waals surface area contributed by atoms with E-state index in [1.54, 1.807) is 30.5 Å². The van der Waals surface area contributed by atoms with E-state index in [1.807, 2.05) is 30.0 Å². The topological polar surface area (TPSA) is 90.2 Å². The van der Waals surface area contributed by atoms with E-state index >= 15 is 0 Å². The van der Waals surface area contributed by atoms with Crippen molar-refractivity contribution in [2.24, 2.45) is 0 Å². The molecule has 0 spiro atoms. The number of pyridine rings is 2. The van der Waals surface area contributed by atoms with Gasteiger partial charge in [-0.05, 0) is 36.8 Å². The maximum atomic E-state index is 13.2. The third kappa shape index (κ3) is 3.30. The second-order valence-corrected chi connectivity index (χ2v) is 8.65. The van der Waals surface area contributed by atoms with Gasteiger partial charge in [0.15, 0.2) is 0 Å². The van der Waals surface area contributed by atoms with Gasteiger partial charge in [-0.2, -0.15) is 9.57 Å². The summed E-state index contributed by atoms with van der Waals surface area (Å²) in [5.74, 6) is 0.748. The van der Waals surface area contributed by atoms with Crippen molar-refractivity contribution >= 4 is 26.7 Å². The molecule has 4 rings (SSSR count). The molecule has 0 radical (unpaired) electrons. The zero-order valence-corrected chi connectivity index (χ0v) is 16.2. The van der Waals surface area contributed by atoms with Gasteiger partial charge in [-0.25, -0.2) is 13.4 Å². The Morgan fingerprint density at radius 2 is 1.82 bits per heavy atom. The van der Waals surface area contributed by atoms with E-state index in [0.717, 1.165) is 16.8 Å². The van der Waals surface area contributed by atoms with E-state index in [4.69, 9.17) is 5.26 Å². The Kier molecular flexibility index (Phi) is 4.71. The molecule has 3 heterocycles. The first kappa shape index (κ1) is 18.3. The third-order valence-corrected chi connectivity index (χ3v) is 6.80. The molecule has 1 saturated heterocycles. The second kappa shape index (κ2) is 7.19. The van der Waals surface area contributed by atoms with Crippen LogP contribution in [0, 0.1) is 18.3 Å². The van der Waals surface area contributed by atoms with Crippen LogP contribution in [0.1, 0.15) is 11.1 Å². The van der Waals surface area contributed by atoms with Crippen LogP contribution in [0.4, 0.5) is 5.82 Å². The molecule has 0 aliphatic carbocycles. The minimum Gasteiger partial charge on any atom is -0.354 e. The number of nitriles is 1. The third-order valence-electron chi connectivity index (χ3n) is 4.87. The summed E-state index contributed by atoms with van der Waals surface area (Å²) >= 11 is 0. The van der Waals surface area contributed by atoms with Crippen LogP contribution in [0.25, 0.3) is 10.9 Å². The molecule has 0 atom stereocenters. The molecule has 142 valence electrons. The molecule has 0 bridgehead atoms. The maximum absolute atomic E-state index is 13.2. The summed E-state index contributed by atoms with van der Waals surface area (Å²) in [6.45, 7) is 3.74. The molecule has 28 heavy (non-hydrogen) atoms. The minimum atomic E-state index is -3.64. The molecule has 1 aliphatic rings. The van der Waals surface area contributed by atoms with Crippen LogP contribution in [-0.2, 0) is 10.0 Å². The van der Waals surface area contributed by atoms with Gasteiger partial charge in [-0.15, -0.1) is 0 Å². The number of aryl methyl sites for hydroxylation is 1. The summed E-state index contributed by atoms with van der Waals surface area (Å²) in [7, 11) is -3.64. The number of anilines is 1. The van der Waals surface area contributed by atoms with Crippen molar-refractivity contribution in [1.29, 1.82) is 5.26 Å². The highest BCUT2D eigenvalue weighted by molar-refractivity contribution is 7.89. The number of piperazine rings is 1. The van der Waals surface area contributed by atoms with E-state index < -0.39 is 10.0 Å². The molecular weight excluding hydrogens is 374 g/mol. The van der Waals surface area contributed by atoms with Crippen molar-refractivity contribution in [3.8, 4) is 6.07 Å². The summed E-state index contributed by atoms with van der Waals surface area (Å²) in [6, 6.07) is 12.7. The highest BCUT2D eigenvalue weighted by Crippen LogP contribution is 2.26. The predicted molar refractivity (Wildman–Crippen MR) is 106 cm³/mol. The van der Waals surface area contributed by atoms with Gasteiger partial charge in [-0.1, -0.05) is 12.1 Å². The monoisotopic (exact) mass is 393 g/mol. The molecule has 1 aromatic carbocycles. The molecule has 8 heteroatoms. The fourth-order valence-electron chi connectivity index (χ4n) is 3.39. The minimum absolute atomic E-state index is 0.245. The highest BCUT2D eigenvalue weighted by atomic mass is 32.2. The van der Waals surface area contributed by atoms with Crippen LogP contribution >= 0.6 is 0 Å². The van der Waals surface area contributed by atoms with Crippen LogP contribution in [0.2, 0.25) is 0 Å². The lowest BCUT2D eigenvalue weighted by atomic mass is 10.2. The van der Waals surface area contributed by atoms with Gasteiger partial charge in [0.2, 0.25) is 10.0 Å². The van der Waals surface area contributed by atoms with Crippen molar-refractivity contribution in [3.05, 3.63) is 59.9 Å². The SMILES string of the molecule is Cc1cnc2c(S(=O)(=O)N3CCN(c4ccc(C#N)cn4)CC3)cccc2c1. The zero-order chi connectivity index (χ0) is 19.7. The first-order valence-corrected chi connectivity index (χ1v) is 10.4. The van der Waals surface area contributed by atoms with Crippen molar-refractivity contribution in [2.45, 2.75) is 11.8 Å². The predicted octanol–water partition coefficient (Wildman–Crippen LogP) is 2.32. The number of fused-ring (bicyclic) bond motifs is 1. The summed E-state index contributed by atoms with van der Waals surface area (Å²) in [5.41, 5.74) is 2.00. The Bertz CT molecular complexity index is 1160. The molecule has 0 amide bonds. The molecule has 7 nitrogen and oxygen atoms in total. The van der Waals surface area contributed by atoms with Gasteiger partial charge in [0, 0.05) is 44.0 Å². The lowest BCUT2D eigenvalue weighted by Gasteiger charge is -2.34. The molecular formula is C20H19N5O2S. The fraction of sp³-hybridized carbons (Fsp3) is 0.250. The normalized spacial score (nSPS) is 15.5. The molecule has 1 aliphatic heterocycles. The summed E-state index contributed by atoms with van der Waals surface area (Å²) in [6.07, 6.45) is 3.22. The van der Waals surface area contributed by atoms with Crippen LogP contribution in [0.3, 0.4) is 0 Å². The molecule has 0 unspecified atom stereocenters. The first-order chi connectivity index (χ1) is 13.5. The van der Waals surface area contributed by atoms with Gasteiger partial charge in [0.1, 0.15) is 16.8 Å². The zero-order valence-electron chi connectivity index (χ0n) is 15.4. The van der Waals surface area contributed by atoms with Gasteiger partial charge in [0.25, 0.3) is 0 Å². The Morgan fingerprint density at radius 1 is 1.04 bits per heavy atom. The van der Waals surface area contributed by atoms with Gasteiger partial charge in [0.05, 0.1) is 11.1 Å². The number of nitrogens with zero attached hydrogens (tertiary/aromatic N) is 5. The molecule has 2 aromatic heterocycles. The van der Waals surface area contributed by atoms with Crippen LogP contribution in [-0.4, -0.2) is 48.9 Å². The van der Waals surface area contributed by atoms with Crippen molar-refractivity contribution in [2.75, 3.05) is 31.1 Å². The van der Waals surface area contributed by atoms with E-state index in [2.05, 4.69) is 9.97 Å². The Hall–Kier alpha value is -3.02. The number of benzene rings is 1. The molecule has 0 saturated carbocycles. The largest absolute Gasteiger partial charge is 0.354 e. The van der Waals surface area contributed by atoms with E-state index in [-0.39, 0.29) is 4.90 Å². The lowest BCUT2D eigenvalue weighted by Crippen LogP contribution is -2.49. The van der Waals surface area contributed by atoms with Crippen molar-refractivity contribution in [1.82, 2.24) is 14.3 Å². The Labute approximate surface area is 163 Å². The van der Waals surface area contributed by atoms with Gasteiger partial charge in [-0.3, -0.25) is 4.98 Å². The summed E-state index contributed by atoms with van der Waals surface area (Å²) in [4.78, 5) is 10.9. The smallest absolute Gasteiger partial charge is 0.245 e. The number of rotatable bonds is 3. The van der Waals surface area contributed by atoms with Gasteiger partial charge >= 0.3 is 0 Å². The summed E-state index contributed by atoms with van der Waals surface area (Å²) in [5, 5.41) is 9.70. The maximum Gasteiger partial charge on any atom is 0.245 e. The Balaban J connectivity index is 1.56. The van der Waals surface area contributed by atoms with Crippen LogP contribution in [0.5, 0.6) is 0 Å². The summed E-state index contributed by atoms with van der Waals surface area (Å²) < 4.78 is 28.0. The fourth-order valence-corrected chi connectivity index (χ4v) is 4.97. The number of hydrogen-bond donors (Lipinski definition) is 0. The average molecular weight is 393 g/mol. The van der Waals surface area contributed by atoms with E-state index in [0.29, 0.717) is 37.3 Å². The number of aromatic nitrogens is 2. The standard InChI is InChI=1S/C20H19N5O2S/c1-15-11-17-3-2-4-18(20(17)23-13-15)28(26,27)25-9-7-24(8-10-25)19-6-5-16(12-21)14-22-19/h2-6,11,13-14H,7-10H2,1H3. The second-order valence-electron chi connectivity index (χ2n) is 6.75. The van der Waals surface area contributed by atoms with E-state index in [1.165, 1.54) is 10.5 Å².